The van der Waals surface area contributed by atoms with Crippen molar-refractivity contribution in [1.29, 1.82) is 0 Å². The van der Waals surface area contributed by atoms with Crippen molar-refractivity contribution >= 4 is 16.8 Å². The molecular weight excluding hydrogens is 362 g/mol. The van der Waals surface area contributed by atoms with Crippen molar-refractivity contribution in [1.82, 2.24) is 14.4 Å². The van der Waals surface area contributed by atoms with E-state index in [-0.39, 0.29) is 16.9 Å². The van der Waals surface area contributed by atoms with Crippen LogP contribution in [0.2, 0.25) is 0 Å². The molecule has 0 atom stereocenters. The fourth-order valence-corrected chi connectivity index (χ4v) is 4.05. The van der Waals surface area contributed by atoms with Crippen molar-refractivity contribution in [3.8, 4) is 0 Å². The van der Waals surface area contributed by atoms with Gasteiger partial charge in [0.15, 0.2) is 0 Å². The molecule has 3 aromatic rings. The number of carbonyl (C=O) groups is 1. The highest BCUT2D eigenvalue weighted by Gasteiger charge is 2.25. The maximum Gasteiger partial charge on any atom is 0.259 e. The van der Waals surface area contributed by atoms with Crippen LogP contribution < -0.4 is 5.43 Å². The molecule has 0 N–H and O–H groups in total. The lowest BCUT2D eigenvalue weighted by Crippen LogP contribution is -2.49. The average molecular weight is 389 g/mol. The van der Waals surface area contributed by atoms with Gasteiger partial charge < -0.3 is 9.47 Å². The molecule has 1 aliphatic heterocycles. The predicted octanol–water partition coefficient (Wildman–Crippen LogP) is 3.29. The summed E-state index contributed by atoms with van der Waals surface area (Å²) in [5.74, 6) is -0.153. The monoisotopic (exact) mass is 389 g/mol. The molecule has 2 heterocycles. The molecular formula is C24H27N3O2. The first-order valence-corrected chi connectivity index (χ1v) is 10.3. The third-order valence-corrected chi connectivity index (χ3v) is 5.72. The van der Waals surface area contributed by atoms with Crippen LogP contribution in [-0.2, 0) is 13.1 Å². The Bertz CT molecular complexity index is 1080. The Morgan fingerprint density at radius 1 is 1.00 bits per heavy atom. The number of carbonyl (C=O) groups excluding carboxylic acids is 1. The molecule has 5 nitrogen and oxygen atoms in total. The molecule has 0 spiro atoms. The summed E-state index contributed by atoms with van der Waals surface area (Å²) in [5.41, 5.74) is 3.30. The smallest absolute Gasteiger partial charge is 0.259 e. The minimum atomic E-state index is -0.162. The van der Waals surface area contributed by atoms with E-state index in [0.717, 1.165) is 30.7 Å². The minimum absolute atomic E-state index is 0.153. The number of rotatable bonds is 4. The van der Waals surface area contributed by atoms with Crippen molar-refractivity contribution in [2.75, 3.05) is 26.2 Å². The fourth-order valence-electron chi connectivity index (χ4n) is 4.05. The minimum Gasteiger partial charge on any atom is -0.347 e. The molecule has 1 aromatic heterocycles. The van der Waals surface area contributed by atoms with Gasteiger partial charge in [-0.1, -0.05) is 42.0 Å². The molecule has 0 unspecified atom stereocenters. The number of aromatic nitrogens is 1. The van der Waals surface area contributed by atoms with Crippen LogP contribution >= 0.6 is 0 Å². The number of hydrogen-bond donors (Lipinski definition) is 0. The Labute approximate surface area is 171 Å². The van der Waals surface area contributed by atoms with Gasteiger partial charge in [-0.05, 0) is 31.5 Å². The Balaban J connectivity index is 1.54. The zero-order valence-corrected chi connectivity index (χ0v) is 17.1. The average Bonchev–Trinajstić information content (AvgIpc) is 2.75. The number of pyridine rings is 1. The van der Waals surface area contributed by atoms with Crippen molar-refractivity contribution in [3.63, 3.8) is 0 Å². The van der Waals surface area contributed by atoms with E-state index in [4.69, 9.17) is 0 Å². The predicted molar refractivity (Wildman–Crippen MR) is 116 cm³/mol. The Kier molecular flexibility index (Phi) is 5.49. The lowest BCUT2D eigenvalue weighted by Gasteiger charge is -2.34. The number of amides is 1. The molecule has 0 aliphatic carbocycles. The summed E-state index contributed by atoms with van der Waals surface area (Å²) in [7, 11) is 0. The van der Waals surface area contributed by atoms with E-state index in [1.807, 2.05) is 47.6 Å². The van der Waals surface area contributed by atoms with E-state index in [2.05, 4.69) is 29.2 Å². The Morgan fingerprint density at radius 3 is 2.41 bits per heavy atom. The van der Waals surface area contributed by atoms with Gasteiger partial charge in [-0.3, -0.25) is 14.5 Å². The van der Waals surface area contributed by atoms with Gasteiger partial charge in [0.1, 0.15) is 5.56 Å². The summed E-state index contributed by atoms with van der Waals surface area (Å²) in [4.78, 5) is 30.4. The van der Waals surface area contributed by atoms with Gasteiger partial charge in [-0.25, -0.2) is 0 Å². The van der Waals surface area contributed by atoms with Crippen LogP contribution in [0.5, 0.6) is 0 Å². The van der Waals surface area contributed by atoms with Crippen molar-refractivity contribution < 1.29 is 4.79 Å². The zero-order chi connectivity index (χ0) is 20.4. The summed E-state index contributed by atoms with van der Waals surface area (Å²) in [6.07, 6.45) is 1.73. The molecule has 1 amide bonds. The Morgan fingerprint density at radius 2 is 1.72 bits per heavy atom. The van der Waals surface area contributed by atoms with Crippen LogP contribution in [-0.4, -0.2) is 46.5 Å². The standard InChI is InChI=1S/C24H27N3O2/c1-3-26-17-21(23(28)20-15-18(2)9-10-22(20)26)24(29)27-13-11-25(12-14-27)16-19-7-5-4-6-8-19/h4-10,15,17H,3,11-14,16H2,1-2H3. The lowest BCUT2D eigenvalue weighted by molar-refractivity contribution is 0.0626. The molecule has 150 valence electrons. The first-order valence-electron chi connectivity index (χ1n) is 10.3. The van der Waals surface area contributed by atoms with E-state index in [1.54, 1.807) is 6.20 Å². The zero-order valence-electron chi connectivity index (χ0n) is 17.1. The maximum absolute atomic E-state index is 13.2. The summed E-state index contributed by atoms with van der Waals surface area (Å²) in [6, 6.07) is 16.2. The van der Waals surface area contributed by atoms with Gasteiger partial charge in [0.05, 0.1) is 5.52 Å². The molecule has 29 heavy (non-hydrogen) atoms. The number of piperazine rings is 1. The maximum atomic E-state index is 13.2. The summed E-state index contributed by atoms with van der Waals surface area (Å²) >= 11 is 0. The summed E-state index contributed by atoms with van der Waals surface area (Å²) < 4.78 is 2.00. The third kappa shape index (κ3) is 3.96. The van der Waals surface area contributed by atoms with Gasteiger partial charge in [-0.15, -0.1) is 0 Å². The van der Waals surface area contributed by atoms with E-state index in [9.17, 15) is 9.59 Å². The third-order valence-electron chi connectivity index (χ3n) is 5.72. The summed E-state index contributed by atoms with van der Waals surface area (Å²) in [6.45, 7) is 8.51. The lowest BCUT2D eigenvalue weighted by atomic mass is 10.1. The van der Waals surface area contributed by atoms with Gasteiger partial charge in [0, 0.05) is 50.9 Å². The van der Waals surface area contributed by atoms with Gasteiger partial charge in [0.2, 0.25) is 5.43 Å². The summed E-state index contributed by atoms with van der Waals surface area (Å²) in [5, 5.41) is 0.625. The van der Waals surface area contributed by atoms with Crippen molar-refractivity contribution in [2.24, 2.45) is 0 Å². The highest BCUT2D eigenvalue weighted by molar-refractivity contribution is 5.97. The first-order chi connectivity index (χ1) is 14.1. The molecule has 1 aliphatic rings. The molecule has 1 saturated heterocycles. The molecule has 4 rings (SSSR count). The number of aryl methyl sites for hydroxylation is 2. The van der Waals surface area contributed by atoms with Crippen LogP contribution in [0.25, 0.3) is 10.9 Å². The van der Waals surface area contributed by atoms with Gasteiger partial charge >= 0.3 is 0 Å². The van der Waals surface area contributed by atoms with E-state index >= 15 is 0 Å². The van der Waals surface area contributed by atoms with Gasteiger partial charge in [-0.2, -0.15) is 0 Å². The highest BCUT2D eigenvalue weighted by atomic mass is 16.2. The molecule has 0 saturated carbocycles. The van der Waals surface area contributed by atoms with Crippen LogP contribution in [0.1, 0.15) is 28.4 Å². The number of nitrogens with zero attached hydrogens (tertiary/aromatic N) is 3. The highest BCUT2D eigenvalue weighted by Crippen LogP contribution is 2.16. The van der Waals surface area contributed by atoms with E-state index in [1.165, 1.54) is 5.56 Å². The SMILES string of the molecule is CCn1cc(C(=O)N2CCN(Cc3ccccc3)CC2)c(=O)c2cc(C)ccc21. The van der Waals surface area contributed by atoms with Crippen LogP contribution in [0.15, 0.2) is 59.5 Å². The molecule has 1 fully saturated rings. The molecule has 2 aromatic carbocycles. The van der Waals surface area contributed by atoms with Crippen LogP contribution in [0.3, 0.4) is 0 Å². The van der Waals surface area contributed by atoms with Crippen LogP contribution in [0, 0.1) is 6.92 Å². The van der Waals surface area contributed by atoms with E-state index in [0.29, 0.717) is 25.0 Å². The van der Waals surface area contributed by atoms with Crippen molar-refractivity contribution in [2.45, 2.75) is 26.9 Å². The van der Waals surface area contributed by atoms with Gasteiger partial charge in [0.25, 0.3) is 5.91 Å². The topological polar surface area (TPSA) is 45.6 Å². The second-order valence-corrected chi connectivity index (χ2v) is 7.73. The molecule has 0 bridgehead atoms. The molecule has 5 heteroatoms. The Hall–Kier alpha value is -2.92. The molecule has 0 radical (unpaired) electrons. The second kappa shape index (κ2) is 8.21. The first kappa shape index (κ1) is 19.4. The van der Waals surface area contributed by atoms with Crippen molar-refractivity contribution in [3.05, 3.63) is 81.6 Å². The fraction of sp³-hybridized carbons (Fsp3) is 0.333. The largest absolute Gasteiger partial charge is 0.347 e. The number of benzene rings is 2. The quantitative estimate of drug-likeness (QED) is 0.688. The number of hydrogen-bond acceptors (Lipinski definition) is 3. The van der Waals surface area contributed by atoms with E-state index < -0.39 is 0 Å². The van der Waals surface area contributed by atoms with Crippen LogP contribution in [0.4, 0.5) is 0 Å². The second-order valence-electron chi connectivity index (χ2n) is 7.73. The number of fused-ring (bicyclic) bond motifs is 1. The normalized spacial score (nSPS) is 15.0.